The van der Waals surface area contributed by atoms with Crippen molar-refractivity contribution < 1.29 is 28.6 Å². The lowest BCUT2D eigenvalue weighted by Gasteiger charge is -2.33. The predicted octanol–water partition coefficient (Wildman–Crippen LogP) is 5.12. The highest BCUT2D eigenvalue weighted by Gasteiger charge is 2.51. The van der Waals surface area contributed by atoms with E-state index in [0.29, 0.717) is 17.9 Å². The van der Waals surface area contributed by atoms with E-state index in [1.807, 2.05) is 39.8 Å². The number of carbonyl (C=O) groups excluding carboxylic acids is 2. The maximum absolute atomic E-state index is 13.7. The molecule has 3 rings (SSSR count). The summed E-state index contributed by atoms with van der Waals surface area (Å²) in [6.45, 7) is 13.4. The second kappa shape index (κ2) is 9.99. The Hall–Kier alpha value is -3.16. The number of para-hydroxylation sites is 1. The molecule has 7 heteroatoms. The molecule has 0 fully saturated rings. The zero-order valence-electron chi connectivity index (χ0n) is 21.1. The van der Waals surface area contributed by atoms with Crippen LogP contribution in [0.15, 0.2) is 42.2 Å². The van der Waals surface area contributed by atoms with Crippen LogP contribution in [-0.4, -0.2) is 42.5 Å². The van der Waals surface area contributed by atoms with Gasteiger partial charge in [-0.25, -0.2) is 14.7 Å². The van der Waals surface area contributed by atoms with E-state index < -0.39 is 23.7 Å². The van der Waals surface area contributed by atoms with E-state index in [4.69, 9.17) is 19.0 Å². The summed E-state index contributed by atoms with van der Waals surface area (Å²) in [4.78, 5) is 32.9. The molecule has 1 aliphatic rings. The summed E-state index contributed by atoms with van der Waals surface area (Å²) in [5.41, 5.74) is 3.10. The Bertz CT molecular complexity index is 1110. The fraction of sp³-hybridized carbons (Fsp3) is 0.407. The van der Waals surface area contributed by atoms with Crippen LogP contribution in [0.4, 0.5) is 0 Å². The van der Waals surface area contributed by atoms with Crippen LogP contribution in [0.5, 0.6) is 5.75 Å². The van der Waals surface area contributed by atoms with E-state index in [9.17, 15) is 9.59 Å². The Kier molecular flexibility index (Phi) is 7.48. The maximum Gasteiger partial charge on any atom is 0.347 e. The standard InChI is InChI=1S/C27H33NO6/c1-9-32-21-13-11-10-12-20(21)26(30)33-24-23(22-17(3)14-16(2)15-18(22)4)25(29)28(27(24,6)7)34-19(5)31-8/h10-15,19H,9H2,1-8H3. The minimum Gasteiger partial charge on any atom is -0.493 e. The van der Waals surface area contributed by atoms with E-state index in [1.165, 1.54) is 12.2 Å². The molecule has 0 saturated carbocycles. The van der Waals surface area contributed by atoms with Gasteiger partial charge in [-0.1, -0.05) is 29.8 Å². The van der Waals surface area contributed by atoms with Crippen molar-refractivity contribution in [3.8, 4) is 5.75 Å². The van der Waals surface area contributed by atoms with Crippen molar-refractivity contribution in [2.24, 2.45) is 0 Å². The molecule has 1 heterocycles. The highest BCUT2D eigenvalue weighted by atomic mass is 16.8. The number of hydroxylamine groups is 2. The summed E-state index contributed by atoms with van der Waals surface area (Å²) in [5, 5.41) is 1.23. The maximum atomic E-state index is 13.7. The number of ether oxygens (including phenoxy) is 3. The molecule has 0 spiro atoms. The molecule has 7 nitrogen and oxygen atoms in total. The van der Waals surface area contributed by atoms with Gasteiger partial charge in [0, 0.05) is 7.11 Å². The van der Waals surface area contributed by atoms with Crippen LogP contribution in [0.2, 0.25) is 0 Å². The van der Waals surface area contributed by atoms with Crippen molar-refractivity contribution >= 4 is 17.4 Å². The van der Waals surface area contributed by atoms with Gasteiger partial charge in [0.2, 0.25) is 0 Å². The number of carbonyl (C=O) groups is 2. The molecule has 1 unspecified atom stereocenters. The minimum absolute atomic E-state index is 0.215. The molecule has 1 amide bonds. The van der Waals surface area contributed by atoms with Gasteiger partial charge < -0.3 is 14.2 Å². The van der Waals surface area contributed by atoms with Gasteiger partial charge in [0.25, 0.3) is 5.91 Å². The lowest BCUT2D eigenvalue weighted by atomic mass is 9.91. The van der Waals surface area contributed by atoms with Gasteiger partial charge in [0.1, 0.15) is 22.6 Å². The topological polar surface area (TPSA) is 74.3 Å². The Balaban J connectivity index is 2.17. The first-order valence-corrected chi connectivity index (χ1v) is 11.3. The number of esters is 1. The molecule has 34 heavy (non-hydrogen) atoms. The molecule has 0 aromatic heterocycles. The second-order valence-corrected chi connectivity index (χ2v) is 8.86. The summed E-state index contributed by atoms with van der Waals surface area (Å²) in [6, 6.07) is 10.9. The zero-order chi connectivity index (χ0) is 25.2. The number of rotatable bonds is 8. The Labute approximate surface area is 201 Å². The third kappa shape index (κ3) is 4.72. The molecule has 2 aromatic rings. The molecule has 0 N–H and O–H groups in total. The lowest BCUT2D eigenvalue weighted by Crippen LogP contribution is -2.46. The van der Waals surface area contributed by atoms with Crippen molar-refractivity contribution in [1.82, 2.24) is 5.06 Å². The van der Waals surface area contributed by atoms with Crippen LogP contribution in [0.1, 0.15) is 60.3 Å². The number of hydrogen-bond acceptors (Lipinski definition) is 6. The summed E-state index contributed by atoms with van der Waals surface area (Å²) >= 11 is 0. The van der Waals surface area contributed by atoms with Crippen molar-refractivity contribution in [1.29, 1.82) is 0 Å². The molecule has 0 bridgehead atoms. The van der Waals surface area contributed by atoms with Gasteiger partial charge in [0.15, 0.2) is 6.29 Å². The van der Waals surface area contributed by atoms with Crippen molar-refractivity contribution in [3.05, 3.63) is 70.0 Å². The Morgan fingerprint density at radius 1 is 1.09 bits per heavy atom. The van der Waals surface area contributed by atoms with Crippen LogP contribution in [0.25, 0.3) is 5.57 Å². The lowest BCUT2D eigenvalue weighted by molar-refractivity contribution is -0.276. The SMILES string of the molecule is CCOc1ccccc1C(=O)OC1=C(c2c(C)cc(C)cc2C)C(=O)N(OC(C)OC)C1(C)C. The fourth-order valence-corrected chi connectivity index (χ4v) is 4.26. The zero-order valence-corrected chi connectivity index (χ0v) is 21.1. The Morgan fingerprint density at radius 3 is 2.29 bits per heavy atom. The van der Waals surface area contributed by atoms with Gasteiger partial charge in [-0.2, -0.15) is 0 Å². The molecular weight excluding hydrogens is 434 g/mol. The molecule has 0 radical (unpaired) electrons. The smallest absolute Gasteiger partial charge is 0.347 e. The molecule has 1 aliphatic heterocycles. The third-order valence-electron chi connectivity index (χ3n) is 5.80. The van der Waals surface area contributed by atoms with Crippen LogP contribution < -0.4 is 4.74 Å². The average molecular weight is 468 g/mol. The average Bonchev–Trinajstić information content (AvgIpc) is 2.94. The summed E-state index contributed by atoms with van der Waals surface area (Å²) in [6.07, 6.45) is -0.682. The van der Waals surface area contributed by atoms with Gasteiger partial charge in [-0.05, 0) is 77.3 Å². The molecule has 0 aliphatic carbocycles. The van der Waals surface area contributed by atoms with Crippen molar-refractivity contribution in [2.45, 2.75) is 60.3 Å². The Morgan fingerprint density at radius 2 is 1.71 bits per heavy atom. The van der Waals surface area contributed by atoms with E-state index in [0.717, 1.165) is 22.3 Å². The number of aryl methyl sites for hydroxylation is 3. The van der Waals surface area contributed by atoms with Crippen LogP contribution in [0.3, 0.4) is 0 Å². The number of benzene rings is 2. The molecule has 182 valence electrons. The monoisotopic (exact) mass is 467 g/mol. The summed E-state index contributed by atoms with van der Waals surface area (Å²) in [5.74, 6) is -0.374. The van der Waals surface area contributed by atoms with Gasteiger partial charge >= 0.3 is 5.97 Å². The number of hydrogen-bond donors (Lipinski definition) is 0. The van der Waals surface area contributed by atoms with E-state index in [-0.39, 0.29) is 11.3 Å². The first-order chi connectivity index (χ1) is 16.0. The predicted molar refractivity (Wildman–Crippen MR) is 129 cm³/mol. The van der Waals surface area contributed by atoms with Gasteiger partial charge in [-0.3, -0.25) is 4.79 Å². The largest absolute Gasteiger partial charge is 0.493 e. The van der Waals surface area contributed by atoms with E-state index in [2.05, 4.69) is 0 Å². The van der Waals surface area contributed by atoms with Gasteiger partial charge in [0.05, 0.1) is 12.2 Å². The van der Waals surface area contributed by atoms with Crippen LogP contribution >= 0.6 is 0 Å². The first kappa shape index (κ1) is 25.5. The van der Waals surface area contributed by atoms with Crippen LogP contribution in [-0.2, 0) is 19.1 Å². The highest BCUT2D eigenvalue weighted by molar-refractivity contribution is 6.23. The van der Waals surface area contributed by atoms with E-state index >= 15 is 0 Å². The highest BCUT2D eigenvalue weighted by Crippen LogP contribution is 2.43. The molecule has 0 saturated heterocycles. The molecule has 1 atom stereocenters. The molecule has 2 aromatic carbocycles. The number of nitrogens with zero attached hydrogens (tertiary/aromatic N) is 1. The van der Waals surface area contributed by atoms with Crippen molar-refractivity contribution in [3.63, 3.8) is 0 Å². The number of amides is 1. The quantitative estimate of drug-likeness (QED) is 0.396. The third-order valence-corrected chi connectivity index (χ3v) is 5.80. The summed E-state index contributed by atoms with van der Waals surface area (Å²) in [7, 11) is 1.49. The summed E-state index contributed by atoms with van der Waals surface area (Å²) < 4.78 is 16.8. The van der Waals surface area contributed by atoms with Gasteiger partial charge in [-0.15, -0.1) is 0 Å². The number of methoxy groups -OCH3 is 1. The normalized spacial score (nSPS) is 16.1. The van der Waals surface area contributed by atoms with Crippen LogP contribution in [0, 0.1) is 20.8 Å². The van der Waals surface area contributed by atoms with E-state index in [1.54, 1.807) is 45.0 Å². The second-order valence-electron chi connectivity index (χ2n) is 8.86. The first-order valence-electron chi connectivity index (χ1n) is 11.3. The minimum atomic E-state index is -1.08. The van der Waals surface area contributed by atoms with Crippen molar-refractivity contribution in [2.75, 3.05) is 13.7 Å². The molecular formula is C27H33NO6. The fourth-order valence-electron chi connectivity index (χ4n) is 4.26.